The summed E-state index contributed by atoms with van der Waals surface area (Å²) in [7, 11) is 0. The van der Waals surface area contributed by atoms with E-state index in [1.807, 2.05) is 30.3 Å². The molecule has 8 heteroatoms. The summed E-state index contributed by atoms with van der Waals surface area (Å²) in [5.74, 6) is -2.80. The Morgan fingerprint density at radius 1 is 1.18 bits per heavy atom. The Kier molecular flexibility index (Phi) is 7.53. The molecule has 0 bridgehead atoms. The van der Waals surface area contributed by atoms with E-state index in [1.165, 1.54) is 4.90 Å². The molecule has 1 heterocycles. The lowest BCUT2D eigenvalue weighted by atomic mass is 10.0. The van der Waals surface area contributed by atoms with Gasteiger partial charge in [0.05, 0.1) is 18.8 Å². The summed E-state index contributed by atoms with van der Waals surface area (Å²) in [6.45, 7) is 5.53. The van der Waals surface area contributed by atoms with Crippen molar-refractivity contribution in [1.29, 1.82) is 0 Å². The molecule has 8 nitrogen and oxygen atoms in total. The summed E-state index contributed by atoms with van der Waals surface area (Å²) in [5.41, 5.74) is 0.968. The summed E-state index contributed by atoms with van der Waals surface area (Å²) in [6, 6.07) is 6.81. The van der Waals surface area contributed by atoms with E-state index in [9.17, 15) is 24.6 Å². The van der Waals surface area contributed by atoms with Gasteiger partial charge in [-0.25, -0.2) is 4.79 Å². The van der Waals surface area contributed by atoms with E-state index in [2.05, 4.69) is 5.32 Å². The molecule has 154 valence electrons. The minimum Gasteiger partial charge on any atom is -0.480 e. The summed E-state index contributed by atoms with van der Waals surface area (Å²) < 4.78 is 5.82. The van der Waals surface area contributed by atoms with Gasteiger partial charge in [0.25, 0.3) is 0 Å². The first-order chi connectivity index (χ1) is 13.2. The molecule has 3 N–H and O–H groups in total. The fourth-order valence-corrected chi connectivity index (χ4v) is 3.32. The van der Waals surface area contributed by atoms with Gasteiger partial charge >= 0.3 is 11.9 Å². The van der Waals surface area contributed by atoms with Crippen molar-refractivity contribution in [3.63, 3.8) is 0 Å². The Labute approximate surface area is 164 Å². The molecule has 1 amide bonds. The molecule has 28 heavy (non-hydrogen) atoms. The van der Waals surface area contributed by atoms with Crippen LogP contribution in [-0.2, 0) is 25.7 Å². The highest BCUT2D eigenvalue weighted by Crippen LogP contribution is 2.23. The molecule has 0 aliphatic carbocycles. The average Bonchev–Trinajstić information content (AvgIpc) is 3.08. The maximum absolute atomic E-state index is 12.8. The molecule has 2 rings (SSSR count). The Morgan fingerprint density at radius 2 is 1.82 bits per heavy atom. The summed E-state index contributed by atoms with van der Waals surface area (Å²) in [4.78, 5) is 37.1. The molecular formula is C20H28N2O6. The van der Waals surface area contributed by atoms with Gasteiger partial charge in [-0.05, 0) is 18.4 Å². The van der Waals surface area contributed by atoms with Crippen LogP contribution in [0.4, 0.5) is 0 Å². The van der Waals surface area contributed by atoms with E-state index in [4.69, 9.17) is 4.74 Å². The Balaban J connectivity index is 2.01. The SMILES string of the molecule is CC(NC(C(=O)O)C(C)C)C(=O)N1C[C@@H](OCc2ccccc2)C[C@H]1C(=O)O. The van der Waals surface area contributed by atoms with Crippen LogP contribution in [0.15, 0.2) is 30.3 Å². The number of hydrogen-bond acceptors (Lipinski definition) is 5. The van der Waals surface area contributed by atoms with Crippen molar-refractivity contribution in [2.24, 2.45) is 5.92 Å². The zero-order valence-electron chi connectivity index (χ0n) is 16.4. The Hall–Kier alpha value is -2.45. The van der Waals surface area contributed by atoms with Crippen LogP contribution in [0, 0.1) is 5.92 Å². The van der Waals surface area contributed by atoms with Crippen molar-refractivity contribution in [2.75, 3.05) is 6.54 Å². The fourth-order valence-electron chi connectivity index (χ4n) is 3.32. The van der Waals surface area contributed by atoms with Gasteiger partial charge in [0, 0.05) is 13.0 Å². The quantitative estimate of drug-likeness (QED) is 0.581. The fraction of sp³-hybridized carbons (Fsp3) is 0.550. The molecule has 0 aromatic heterocycles. The van der Waals surface area contributed by atoms with Gasteiger partial charge in [0.2, 0.25) is 5.91 Å². The van der Waals surface area contributed by atoms with E-state index in [1.54, 1.807) is 20.8 Å². The molecule has 4 atom stereocenters. The Morgan fingerprint density at radius 3 is 2.36 bits per heavy atom. The van der Waals surface area contributed by atoms with Gasteiger partial charge in [0.15, 0.2) is 0 Å². The number of nitrogens with zero attached hydrogens (tertiary/aromatic N) is 1. The molecule has 1 aliphatic rings. The first-order valence-corrected chi connectivity index (χ1v) is 9.38. The smallest absolute Gasteiger partial charge is 0.326 e. The third kappa shape index (κ3) is 5.53. The number of carbonyl (C=O) groups excluding carboxylic acids is 1. The second-order valence-electron chi connectivity index (χ2n) is 7.45. The first kappa shape index (κ1) is 21.8. The van der Waals surface area contributed by atoms with E-state index >= 15 is 0 Å². The minimum atomic E-state index is -1.09. The molecule has 1 fully saturated rings. The predicted octanol–water partition coefficient (Wildman–Crippen LogP) is 1.34. The molecule has 2 unspecified atom stereocenters. The van der Waals surface area contributed by atoms with Crippen LogP contribution in [-0.4, -0.2) is 63.7 Å². The maximum atomic E-state index is 12.8. The lowest BCUT2D eigenvalue weighted by Crippen LogP contribution is -2.54. The van der Waals surface area contributed by atoms with Crippen molar-refractivity contribution in [3.8, 4) is 0 Å². The molecule has 1 aromatic rings. The number of carboxylic acids is 2. The van der Waals surface area contributed by atoms with Crippen LogP contribution in [0.1, 0.15) is 32.8 Å². The number of ether oxygens (including phenoxy) is 1. The van der Waals surface area contributed by atoms with Crippen LogP contribution in [0.3, 0.4) is 0 Å². The van der Waals surface area contributed by atoms with Crippen LogP contribution in [0.2, 0.25) is 0 Å². The number of nitrogens with one attached hydrogen (secondary N) is 1. The number of amides is 1. The van der Waals surface area contributed by atoms with E-state index < -0.39 is 42.1 Å². The monoisotopic (exact) mass is 392 g/mol. The van der Waals surface area contributed by atoms with Crippen molar-refractivity contribution in [2.45, 2.75) is 58.0 Å². The standard InChI is InChI=1S/C20H28N2O6/c1-12(2)17(20(26)27)21-13(3)18(23)22-10-15(9-16(22)19(24)25)28-11-14-7-5-4-6-8-14/h4-8,12-13,15-17,21H,9-11H2,1-3H3,(H,24,25)(H,26,27)/t13?,15-,16-,17?/m0/s1. The van der Waals surface area contributed by atoms with E-state index in [0.717, 1.165) is 5.56 Å². The summed E-state index contributed by atoms with van der Waals surface area (Å²) in [5, 5.41) is 21.6. The van der Waals surface area contributed by atoms with Gasteiger partial charge in [0.1, 0.15) is 12.1 Å². The zero-order valence-corrected chi connectivity index (χ0v) is 16.4. The summed E-state index contributed by atoms with van der Waals surface area (Å²) in [6.07, 6.45) is -0.189. The van der Waals surface area contributed by atoms with Crippen molar-refractivity contribution < 1.29 is 29.3 Å². The Bertz CT molecular complexity index is 693. The highest BCUT2D eigenvalue weighted by Gasteiger charge is 2.42. The number of carbonyl (C=O) groups is 3. The maximum Gasteiger partial charge on any atom is 0.326 e. The number of likely N-dealkylation sites (tertiary alicyclic amines) is 1. The van der Waals surface area contributed by atoms with Gasteiger partial charge in [-0.2, -0.15) is 0 Å². The topological polar surface area (TPSA) is 116 Å². The highest BCUT2D eigenvalue weighted by atomic mass is 16.5. The van der Waals surface area contributed by atoms with E-state index in [0.29, 0.717) is 6.61 Å². The minimum absolute atomic E-state index is 0.161. The van der Waals surface area contributed by atoms with Gasteiger partial charge in [-0.1, -0.05) is 44.2 Å². The van der Waals surface area contributed by atoms with Crippen molar-refractivity contribution in [1.82, 2.24) is 10.2 Å². The van der Waals surface area contributed by atoms with Crippen LogP contribution < -0.4 is 5.32 Å². The molecule has 0 radical (unpaired) electrons. The van der Waals surface area contributed by atoms with Crippen molar-refractivity contribution >= 4 is 17.8 Å². The first-order valence-electron chi connectivity index (χ1n) is 9.38. The molecular weight excluding hydrogens is 364 g/mol. The molecule has 1 aromatic carbocycles. The van der Waals surface area contributed by atoms with Gasteiger partial charge in [-0.3, -0.25) is 14.9 Å². The number of carboxylic acid groups (broad SMARTS) is 2. The number of rotatable bonds is 9. The van der Waals surface area contributed by atoms with Crippen molar-refractivity contribution in [3.05, 3.63) is 35.9 Å². The molecule has 0 saturated carbocycles. The average molecular weight is 392 g/mol. The molecule has 0 spiro atoms. The van der Waals surface area contributed by atoms with Crippen LogP contribution >= 0.6 is 0 Å². The number of hydrogen-bond donors (Lipinski definition) is 3. The van der Waals surface area contributed by atoms with Crippen LogP contribution in [0.25, 0.3) is 0 Å². The van der Waals surface area contributed by atoms with Gasteiger partial charge in [-0.15, -0.1) is 0 Å². The second-order valence-corrected chi connectivity index (χ2v) is 7.45. The lowest BCUT2D eigenvalue weighted by Gasteiger charge is -2.28. The third-order valence-corrected chi connectivity index (χ3v) is 4.89. The number of aliphatic carboxylic acids is 2. The lowest BCUT2D eigenvalue weighted by molar-refractivity contribution is -0.149. The van der Waals surface area contributed by atoms with E-state index in [-0.39, 0.29) is 18.9 Å². The molecule has 1 saturated heterocycles. The summed E-state index contributed by atoms with van der Waals surface area (Å²) >= 11 is 0. The highest BCUT2D eigenvalue weighted by molar-refractivity contribution is 5.88. The molecule has 1 aliphatic heterocycles. The third-order valence-electron chi connectivity index (χ3n) is 4.89. The second kappa shape index (κ2) is 9.66. The zero-order chi connectivity index (χ0) is 20.8. The number of benzene rings is 1. The normalized spacial score (nSPS) is 21.5. The van der Waals surface area contributed by atoms with Crippen LogP contribution in [0.5, 0.6) is 0 Å². The predicted molar refractivity (Wildman–Crippen MR) is 102 cm³/mol. The largest absolute Gasteiger partial charge is 0.480 e. The van der Waals surface area contributed by atoms with Gasteiger partial charge < -0.3 is 19.8 Å².